The van der Waals surface area contributed by atoms with Crippen LogP contribution in [-0.2, 0) is 9.53 Å². The molecule has 3 rings (SSSR count). The zero-order chi connectivity index (χ0) is 20.1. The van der Waals surface area contributed by atoms with Crippen LogP contribution in [0.2, 0.25) is 0 Å². The molecule has 8 heteroatoms. The molecule has 0 saturated heterocycles. The van der Waals surface area contributed by atoms with Gasteiger partial charge in [0.05, 0.1) is 11.6 Å². The monoisotopic (exact) mass is 386 g/mol. The average molecular weight is 386 g/mol. The number of esters is 1. The molecular weight excluding hydrogens is 364 g/mol. The molecule has 1 atom stereocenters. The Balaban J connectivity index is 1.61. The molecule has 1 N–H and O–H groups in total. The topological polar surface area (TPSA) is 101 Å². The molecule has 1 aliphatic heterocycles. The maximum atomic E-state index is 12.3. The summed E-state index contributed by atoms with van der Waals surface area (Å²) >= 11 is 0. The van der Waals surface area contributed by atoms with Crippen LogP contribution in [0.15, 0.2) is 42.7 Å². The maximum Gasteiger partial charge on any atom is 0.339 e. The molecule has 0 spiro atoms. The molecule has 8 nitrogen and oxygen atoms in total. The minimum absolute atomic E-state index is 0.101. The number of fused-ring (bicyclic) bond motifs is 1. The van der Waals surface area contributed by atoms with Gasteiger partial charge in [-0.1, -0.05) is 19.9 Å². The number of ether oxygens (including phenoxy) is 3. The number of pyridine rings is 1. The molecule has 0 bridgehead atoms. The number of benzene rings is 1. The van der Waals surface area contributed by atoms with Gasteiger partial charge >= 0.3 is 5.97 Å². The lowest BCUT2D eigenvalue weighted by molar-refractivity contribution is -0.605. The second-order valence-electron chi connectivity index (χ2n) is 6.72. The number of carbonyl (C=O) groups excluding carboxylic acids is 2. The van der Waals surface area contributed by atoms with Crippen molar-refractivity contribution in [1.29, 1.82) is 0 Å². The highest BCUT2D eigenvalue weighted by Crippen LogP contribution is 2.34. The van der Waals surface area contributed by atoms with E-state index in [0.717, 1.165) is 5.56 Å². The van der Waals surface area contributed by atoms with E-state index < -0.39 is 18.5 Å². The molecular formula is C20H22N2O6. The van der Waals surface area contributed by atoms with E-state index in [2.05, 4.69) is 5.32 Å². The molecule has 1 amide bonds. The first kappa shape index (κ1) is 19.5. The zero-order valence-electron chi connectivity index (χ0n) is 15.7. The van der Waals surface area contributed by atoms with Crippen molar-refractivity contribution < 1.29 is 28.5 Å². The zero-order valence-corrected chi connectivity index (χ0v) is 15.7. The summed E-state index contributed by atoms with van der Waals surface area (Å²) < 4.78 is 16.7. The molecule has 0 radical (unpaired) electrons. The van der Waals surface area contributed by atoms with Gasteiger partial charge in [-0.05, 0) is 23.6 Å². The van der Waals surface area contributed by atoms with Crippen LogP contribution in [0.25, 0.3) is 0 Å². The number of rotatable bonds is 6. The standard InChI is InChI=1S/C20H22N2O6/c1-13(2)19(15-3-4-16-17(11-15)27-10-9-26-16)21-18(23)12-28-20(24)14-5-7-22(25)8-6-14/h3-8,11,13,19H,9-10,12H2,1-2H3,(H,21,23)/t19-/m0/s1. The van der Waals surface area contributed by atoms with Gasteiger partial charge in [0.1, 0.15) is 13.2 Å². The van der Waals surface area contributed by atoms with Crippen molar-refractivity contribution in [2.75, 3.05) is 19.8 Å². The Morgan fingerprint density at radius 3 is 2.50 bits per heavy atom. The lowest BCUT2D eigenvalue weighted by Gasteiger charge is -2.25. The Morgan fingerprint density at radius 2 is 1.82 bits per heavy atom. The first-order valence-corrected chi connectivity index (χ1v) is 8.99. The number of aromatic nitrogens is 1. The molecule has 0 unspecified atom stereocenters. The van der Waals surface area contributed by atoms with Crippen LogP contribution >= 0.6 is 0 Å². The molecule has 28 heavy (non-hydrogen) atoms. The average Bonchev–Trinajstić information content (AvgIpc) is 2.70. The predicted molar refractivity (Wildman–Crippen MR) is 98.8 cm³/mol. The normalized spacial score (nSPS) is 13.7. The van der Waals surface area contributed by atoms with Crippen molar-refractivity contribution in [2.24, 2.45) is 5.92 Å². The third kappa shape index (κ3) is 4.70. The summed E-state index contributed by atoms with van der Waals surface area (Å²) in [5.74, 6) is 0.339. The molecule has 1 aromatic carbocycles. The molecule has 0 aliphatic carbocycles. The summed E-state index contributed by atoms with van der Waals surface area (Å²) in [5.41, 5.74) is 1.08. The van der Waals surface area contributed by atoms with E-state index in [4.69, 9.17) is 14.2 Å². The van der Waals surface area contributed by atoms with Crippen molar-refractivity contribution >= 4 is 11.9 Å². The fourth-order valence-electron chi connectivity index (χ4n) is 2.87. The molecule has 1 aliphatic rings. The van der Waals surface area contributed by atoms with Crippen LogP contribution < -0.4 is 19.5 Å². The first-order chi connectivity index (χ1) is 13.4. The molecule has 148 valence electrons. The summed E-state index contributed by atoms with van der Waals surface area (Å²) in [4.78, 5) is 24.3. The van der Waals surface area contributed by atoms with Gasteiger partial charge in [-0.3, -0.25) is 4.79 Å². The number of hydrogen-bond acceptors (Lipinski definition) is 6. The van der Waals surface area contributed by atoms with Crippen molar-refractivity contribution in [3.63, 3.8) is 0 Å². The Hall–Kier alpha value is -3.29. The second-order valence-corrected chi connectivity index (χ2v) is 6.72. The van der Waals surface area contributed by atoms with Crippen LogP contribution in [0.3, 0.4) is 0 Å². The van der Waals surface area contributed by atoms with Gasteiger partial charge in [-0.2, -0.15) is 4.73 Å². The Morgan fingerprint density at radius 1 is 1.14 bits per heavy atom. The molecule has 1 aromatic heterocycles. The Labute approximate surface area is 162 Å². The Bertz CT molecular complexity index is 850. The summed E-state index contributed by atoms with van der Waals surface area (Å²) in [7, 11) is 0. The lowest BCUT2D eigenvalue weighted by Crippen LogP contribution is -2.35. The van der Waals surface area contributed by atoms with Gasteiger partial charge in [0, 0.05) is 12.1 Å². The van der Waals surface area contributed by atoms with E-state index in [9.17, 15) is 14.8 Å². The number of amides is 1. The van der Waals surface area contributed by atoms with Crippen LogP contribution in [-0.4, -0.2) is 31.7 Å². The maximum absolute atomic E-state index is 12.3. The van der Waals surface area contributed by atoms with Gasteiger partial charge in [0.2, 0.25) is 0 Å². The smallest absolute Gasteiger partial charge is 0.339 e. The summed E-state index contributed by atoms with van der Waals surface area (Å²) in [6.07, 6.45) is 2.38. The van der Waals surface area contributed by atoms with Gasteiger partial charge < -0.3 is 24.7 Å². The van der Waals surface area contributed by atoms with E-state index in [1.807, 2.05) is 32.0 Å². The summed E-state index contributed by atoms with van der Waals surface area (Å²) in [6.45, 7) is 4.54. The van der Waals surface area contributed by atoms with Gasteiger partial charge in [-0.15, -0.1) is 0 Å². The molecule has 2 heterocycles. The number of carbonyl (C=O) groups is 2. The van der Waals surface area contributed by atoms with E-state index in [1.54, 1.807) is 0 Å². The molecule has 2 aromatic rings. The van der Waals surface area contributed by atoms with Crippen LogP contribution in [0, 0.1) is 11.1 Å². The van der Waals surface area contributed by atoms with Crippen molar-refractivity contribution in [3.8, 4) is 11.5 Å². The second kappa shape index (κ2) is 8.60. The highest BCUT2D eigenvalue weighted by molar-refractivity contribution is 5.91. The lowest BCUT2D eigenvalue weighted by atomic mass is 9.95. The molecule has 0 fully saturated rings. The van der Waals surface area contributed by atoms with Crippen molar-refractivity contribution in [3.05, 3.63) is 59.1 Å². The van der Waals surface area contributed by atoms with Crippen LogP contribution in [0.4, 0.5) is 0 Å². The third-order valence-corrected chi connectivity index (χ3v) is 4.28. The van der Waals surface area contributed by atoms with E-state index in [1.165, 1.54) is 24.5 Å². The van der Waals surface area contributed by atoms with Gasteiger partial charge in [-0.25, -0.2) is 4.79 Å². The fourth-order valence-corrected chi connectivity index (χ4v) is 2.87. The summed E-state index contributed by atoms with van der Waals surface area (Å²) in [5, 5.41) is 13.9. The largest absolute Gasteiger partial charge is 0.619 e. The molecule has 0 saturated carbocycles. The van der Waals surface area contributed by atoms with E-state index in [0.29, 0.717) is 29.4 Å². The van der Waals surface area contributed by atoms with E-state index in [-0.39, 0.29) is 17.5 Å². The first-order valence-electron chi connectivity index (χ1n) is 8.99. The Kier molecular flexibility index (Phi) is 5.98. The van der Waals surface area contributed by atoms with Gasteiger partial charge in [0.15, 0.2) is 30.5 Å². The SMILES string of the molecule is CC(C)[C@H](NC(=O)COC(=O)c1cc[n+]([O-])cc1)c1ccc2c(c1)OCCO2. The van der Waals surface area contributed by atoms with Crippen LogP contribution in [0.5, 0.6) is 11.5 Å². The number of hydrogen-bond donors (Lipinski definition) is 1. The minimum atomic E-state index is -0.670. The van der Waals surface area contributed by atoms with Crippen LogP contribution in [0.1, 0.15) is 35.8 Å². The third-order valence-electron chi connectivity index (χ3n) is 4.28. The number of nitrogens with zero attached hydrogens (tertiary/aromatic N) is 1. The van der Waals surface area contributed by atoms with Gasteiger partial charge in [0.25, 0.3) is 5.91 Å². The predicted octanol–water partition coefficient (Wildman–Crippen LogP) is 1.76. The number of nitrogens with one attached hydrogen (secondary N) is 1. The minimum Gasteiger partial charge on any atom is -0.619 e. The fraction of sp³-hybridized carbons (Fsp3) is 0.350. The highest BCUT2D eigenvalue weighted by atomic mass is 16.6. The summed E-state index contributed by atoms with van der Waals surface area (Å²) in [6, 6.07) is 7.94. The highest BCUT2D eigenvalue weighted by Gasteiger charge is 2.22. The van der Waals surface area contributed by atoms with E-state index >= 15 is 0 Å². The van der Waals surface area contributed by atoms with Crippen molar-refractivity contribution in [2.45, 2.75) is 19.9 Å². The van der Waals surface area contributed by atoms with Crippen molar-refractivity contribution in [1.82, 2.24) is 5.32 Å². The quantitative estimate of drug-likeness (QED) is 0.461.